The molecule has 1 saturated heterocycles. The summed E-state index contributed by atoms with van der Waals surface area (Å²) in [7, 11) is 0. The summed E-state index contributed by atoms with van der Waals surface area (Å²) in [6.07, 6.45) is 1.55. The van der Waals surface area contributed by atoms with Crippen molar-refractivity contribution < 1.29 is 14.3 Å². The summed E-state index contributed by atoms with van der Waals surface area (Å²) < 4.78 is 5.76. The van der Waals surface area contributed by atoms with Gasteiger partial charge in [-0.3, -0.25) is 9.59 Å². The molecule has 0 spiro atoms. The molecule has 4 rings (SSSR count). The summed E-state index contributed by atoms with van der Waals surface area (Å²) in [5.41, 5.74) is 1.70. The summed E-state index contributed by atoms with van der Waals surface area (Å²) in [5, 5.41) is 1.57. The molecule has 0 radical (unpaired) electrons. The molecule has 1 heterocycles. The van der Waals surface area contributed by atoms with Crippen LogP contribution in [0.2, 0.25) is 25.1 Å². The van der Waals surface area contributed by atoms with Gasteiger partial charge in [0.2, 0.25) is 0 Å². The topological polar surface area (TPSA) is 46.6 Å². The summed E-state index contributed by atoms with van der Waals surface area (Å²) >= 11 is 31.6. The minimum atomic E-state index is -0.447. The number of thioether (sulfide) groups is 1. The zero-order chi connectivity index (χ0) is 23.7. The molecule has 0 unspecified atom stereocenters. The van der Waals surface area contributed by atoms with Crippen molar-refractivity contribution in [1.82, 2.24) is 0 Å². The lowest BCUT2D eigenvalue weighted by Crippen LogP contribution is -2.27. The Hall–Kier alpha value is -1.86. The highest BCUT2D eigenvalue weighted by atomic mass is 35.5. The highest BCUT2D eigenvalue weighted by Crippen LogP contribution is 2.39. The molecule has 2 amide bonds. The van der Waals surface area contributed by atoms with Crippen LogP contribution < -0.4 is 9.64 Å². The molecule has 10 heteroatoms. The van der Waals surface area contributed by atoms with Crippen molar-refractivity contribution in [2.24, 2.45) is 0 Å². The van der Waals surface area contributed by atoms with Crippen LogP contribution in [0.4, 0.5) is 10.5 Å². The SMILES string of the molecule is O=C1S/C(=C/c2cc(Cl)c(OCc3ccc(Cl)cc3Cl)c(Cl)c2)C(=O)N1c1ccc(Cl)cc1. The number of benzene rings is 3. The Balaban J connectivity index is 1.54. The summed E-state index contributed by atoms with van der Waals surface area (Å²) in [4.78, 5) is 26.6. The van der Waals surface area contributed by atoms with E-state index >= 15 is 0 Å². The first-order valence-electron chi connectivity index (χ1n) is 9.32. The highest BCUT2D eigenvalue weighted by molar-refractivity contribution is 8.19. The van der Waals surface area contributed by atoms with Crippen molar-refractivity contribution >= 4 is 92.7 Å². The molecule has 0 bridgehead atoms. The van der Waals surface area contributed by atoms with Gasteiger partial charge in [0.1, 0.15) is 6.61 Å². The van der Waals surface area contributed by atoms with Gasteiger partial charge in [-0.25, -0.2) is 4.90 Å². The number of imide groups is 1. The van der Waals surface area contributed by atoms with Gasteiger partial charge in [-0.05, 0) is 71.9 Å². The quantitative estimate of drug-likeness (QED) is 0.293. The lowest BCUT2D eigenvalue weighted by Gasteiger charge is -2.13. The van der Waals surface area contributed by atoms with E-state index in [0.29, 0.717) is 31.9 Å². The van der Waals surface area contributed by atoms with E-state index < -0.39 is 11.1 Å². The number of anilines is 1. The smallest absolute Gasteiger partial charge is 0.298 e. The molecule has 3 aromatic rings. The Kier molecular flexibility index (Phi) is 7.49. The molecule has 4 nitrogen and oxygen atoms in total. The maximum atomic E-state index is 12.8. The fourth-order valence-electron chi connectivity index (χ4n) is 3.02. The normalized spacial score (nSPS) is 14.9. The van der Waals surface area contributed by atoms with Crippen molar-refractivity contribution in [2.75, 3.05) is 4.90 Å². The predicted molar refractivity (Wildman–Crippen MR) is 137 cm³/mol. The average molecular weight is 560 g/mol. The molecule has 0 aliphatic carbocycles. The Morgan fingerprint density at radius 2 is 1.45 bits per heavy atom. The zero-order valence-electron chi connectivity index (χ0n) is 16.5. The Bertz CT molecular complexity index is 1270. The van der Waals surface area contributed by atoms with E-state index in [1.165, 1.54) is 0 Å². The molecule has 1 aliphatic heterocycles. The van der Waals surface area contributed by atoms with E-state index in [2.05, 4.69) is 0 Å². The van der Waals surface area contributed by atoms with Crippen LogP contribution in [0.5, 0.6) is 5.75 Å². The average Bonchev–Trinajstić information content (AvgIpc) is 3.02. The van der Waals surface area contributed by atoms with Gasteiger partial charge < -0.3 is 4.74 Å². The molecule has 1 fully saturated rings. The number of amides is 2. The van der Waals surface area contributed by atoms with Crippen LogP contribution >= 0.6 is 69.8 Å². The number of hydrogen-bond acceptors (Lipinski definition) is 4. The van der Waals surface area contributed by atoms with Gasteiger partial charge in [0, 0.05) is 20.6 Å². The second-order valence-corrected chi connectivity index (χ2v) is 9.92. The van der Waals surface area contributed by atoms with Gasteiger partial charge in [0.15, 0.2) is 5.75 Å². The van der Waals surface area contributed by atoms with Gasteiger partial charge in [-0.2, -0.15) is 0 Å². The summed E-state index contributed by atoms with van der Waals surface area (Å²) in [6.45, 7) is 0.134. The number of rotatable bonds is 5. The number of nitrogens with zero attached hydrogens (tertiary/aromatic N) is 1. The Morgan fingerprint density at radius 3 is 2.09 bits per heavy atom. The Morgan fingerprint density at radius 1 is 0.818 bits per heavy atom. The summed E-state index contributed by atoms with van der Waals surface area (Å²) in [6, 6.07) is 14.7. The van der Waals surface area contributed by atoms with E-state index in [4.69, 9.17) is 62.7 Å². The van der Waals surface area contributed by atoms with Crippen molar-refractivity contribution in [3.8, 4) is 5.75 Å². The number of ether oxygens (including phenoxy) is 1. The van der Waals surface area contributed by atoms with Crippen molar-refractivity contribution in [3.63, 3.8) is 0 Å². The number of halogens is 5. The lowest BCUT2D eigenvalue weighted by atomic mass is 10.2. The molecule has 168 valence electrons. The molecular weight excluding hydrogens is 548 g/mol. The minimum absolute atomic E-state index is 0.134. The maximum absolute atomic E-state index is 12.8. The number of hydrogen-bond donors (Lipinski definition) is 0. The minimum Gasteiger partial charge on any atom is -0.486 e. The van der Waals surface area contributed by atoms with Crippen molar-refractivity contribution in [1.29, 1.82) is 0 Å². The van der Waals surface area contributed by atoms with E-state index in [1.807, 2.05) is 0 Å². The first-order valence-corrected chi connectivity index (χ1v) is 12.0. The molecule has 3 aromatic carbocycles. The third-order valence-corrected chi connectivity index (χ3v) is 6.85. The van der Waals surface area contributed by atoms with Crippen molar-refractivity contribution in [3.05, 3.63) is 95.7 Å². The molecular formula is C23H12Cl5NO3S. The second-order valence-electron chi connectivity index (χ2n) is 6.83. The standard InChI is InChI=1S/C23H12Cl5NO3S/c24-14-3-5-16(6-4-14)29-22(30)20(33-23(29)31)9-12-7-18(27)21(19(28)8-12)32-11-13-1-2-15(25)10-17(13)26/h1-10H,11H2/b20-9+. The third-order valence-electron chi connectivity index (χ3n) is 4.58. The third kappa shape index (κ3) is 5.46. The molecule has 33 heavy (non-hydrogen) atoms. The molecule has 0 N–H and O–H groups in total. The Labute approximate surface area is 219 Å². The van der Waals surface area contributed by atoms with Gasteiger partial charge in [-0.15, -0.1) is 0 Å². The number of carbonyl (C=O) groups is 2. The largest absolute Gasteiger partial charge is 0.486 e. The lowest BCUT2D eigenvalue weighted by molar-refractivity contribution is -0.113. The monoisotopic (exact) mass is 557 g/mol. The fraction of sp³-hybridized carbons (Fsp3) is 0.0435. The van der Waals surface area contributed by atoms with E-state index in [1.54, 1.807) is 60.7 Å². The van der Waals surface area contributed by atoms with Crippen molar-refractivity contribution in [2.45, 2.75) is 6.61 Å². The fourth-order valence-corrected chi connectivity index (χ4v) is 5.06. The van der Waals surface area contributed by atoms with Crippen LogP contribution in [0.1, 0.15) is 11.1 Å². The number of carbonyl (C=O) groups excluding carboxylic acids is 2. The van der Waals surface area contributed by atoms with Crippen LogP contribution in [0.3, 0.4) is 0 Å². The van der Waals surface area contributed by atoms with Gasteiger partial charge in [0.25, 0.3) is 11.1 Å². The maximum Gasteiger partial charge on any atom is 0.298 e. The van der Waals surface area contributed by atoms with Crippen LogP contribution in [-0.4, -0.2) is 11.1 Å². The van der Waals surface area contributed by atoms with Crippen LogP contribution in [-0.2, 0) is 11.4 Å². The molecule has 0 aromatic heterocycles. The van der Waals surface area contributed by atoms with E-state index in [0.717, 1.165) is 16.7 Å². The van der Waals surface area contributed by atoms with E-state index in [-0.39, 0.29) is 27.3 Å². The second kappa shape index (κ2) is 10.2. The van der Waals surface area contributed by atoms with Gasteiger partial charge in [-0.1, -0.05) is 64.1 Å². The highest BCUT2D eigenvalue weighted by Gasteiger charge is 2.36. The predicted octanol–water partition coefficient (Wildman–Crippen LogP) is 8.77. The zero-order valence-corrected chi connectivity index (χ0v) is 21.0. The molecule has 0 atom stereocenters. The summed E-state index contributed by atoms with van der Waals surface area (Å²) in [5.74, 6) is -0.173. The van der Waals surface area contributed by atoms with Gasteiger partial charge in [0.05, 0.1) is 20.6 Å². The van der Waals surface area contributed by atoms with Crippen LogP contribution in [0.15, 0.2) is 59.5 Å². The molecule has 1 aliphatic rings. The first kappa shape index (κ1) is 24.3. The van der Waals surface area contributed by atoms with E-state index in [9.17, 15) is 9.59 Å². The van der Waals surface area contributed by atoms with Gasteiger partial charge >= 0.3 is 0 Å². The first-order chi connectivity index (χ1) is 15.7. The molecule has 0 saturated carbocycles. The van der Waals surface area contributed by atoms with Crippen LogP contribution in [0, 0.1) is 0 Å². The van der Waals surface area contributed by atoms with Crippen LogP contribution in [0.25, 0.3) is 6.08 Å².